The van der Waals surface area contributed by atoms with Crippen molar-refractivity contribution in [3.05, 3.63) is 94.8 Å². The standard InChI is InChI=1S/C26H26N6O3/c1-31(2)14-4-5-24(33)29-19-8-10-20(11-9-19)32-25(34)17-27-22-16-28-23(30-26(22)32)15-18-6-12-21(35-3)13-7-18/h4-13,16-17H,14-15H2,1-3H3,(H,29,33)/b5-4+. The summed E-state index contributed by atoms with van der Waals surface area (Å²) in [5.74, 6) is 1.12. The second kappa shape index (κ2) is 10.7. The molecule has 2 aromatic heterocycles. The largest absolute Gasteiger partial charge is 0.497 e. The SMILES string of the molecule is COc1ccc(Cc2ncc3ncc(=O)n(-c4ccc(NC(=O)/C=C/CN(C)C)cc4)c3n2)cc1. The highest BCUT2D eigenvalue weighted by Crippen LogP contribution is 2.18. The Balaban J connectivity index is 1.59. The molecular formula is C26H26N6O3. The van der Waals surface area contributed by atoms with Crippen LogP contribution in [-0.4, -0.2) is 58.1 Å². The van der Waals surface area contributed by atoms with Crippen LogP contribution in [0.4, 0.5) is 5.69 Å². The summed E-state index contributed by atoms with van der Waals surface area (Å²) in [6, 6.07) is 14.7. The lowest BCUT2D eigenvalue weighted by molar-refractivity contribution is -0.111. The number of hydrogen-bond acceptors (Lipinski definition) is 7. The van der Waals surface area contributed by atoms with E-state index in [1.807, 2.05) is 43.3 Å². The summed E-state index contributed by atoms with van der Waals surface area (Å²) in [4.78, 5) is 40.1. The maximum absolute atomic E-state index is 12.8. The number of rotatable bonds is 8. The number of likely N-dealkylation sites (N-methyl/N-ethyl adjacent to an activating group) is 1. The number of hydrogen-bond donors (Lipinski definition) is 1. The molecule has 2 heterocycles. The van der Waals surface area contributed by atoms with Gasteiger partial charge in [0.15, 0.2) is 5.65 Å². The van der Waals surface area contributed by atoms with Crippen LogP contribution in [0.2, 0.25) is 0 Å². The molecular weight excluding hydrogens is 444 g/mol. The van der Waals surface area contributed by atoms with Gasteiger partial charge in [-0.1, -0.05) is 18.2 Å². The molecule has 0 aliphatic heterocycles. The van der Waals surface area contributed by atoms with Crippen molar-refractivity contribution in [3.8, 4) is 11.4 Å². The number of nitrogens with zero attached hydrogens (tertiary/aromatic N) is 5. The van der Waals surface area contributed by atoms with Crippen molar-refractivity contribution < 1.29 is 9.53 Å². The first-order valence-electron chi connectivity index (χ1n) is 11.0. The van der Waals surface area contributed by atoms with Gasteiger partial charge >= 0.3 is 0 Å². The molecule has 0 aliphatic rings. The van der Waals surface area contributed by atoms with Crippen LogP contribution in [0.5, 0.6) is 5.75 Å². The summed E-state index contributed by atoms with van der Waals surface area (Å²) in [6.07, 6.45) is 6.65. The Kier molecular flexibility index (Phi) is 7.27. The van der Waals surface area contributed by atoms with E-state index in [4.69, 9.17) is 4.74 Å². The van der Waals surface area contributed by atoms with Gasteiger partial charge in [-0.05, 0) is 56.1 Å². The fraction of sp³-hybridized carbons (Fsp3) is 0.192. The first-order chi connectivity index (χ1) is 16.9. The molecule has 0 fully saturated rings. The fourth-order valence-electron chi connectivity index (χ4n) is 3.45. The monoisotopic (exact) mass is 470 g/mol. The number of ether oxygens (including phenoxy) is 1. The van der Waals surface area contributed by atoms with Crippen LogP contribution in [-0.2, 0) is 11.2 Å². The summed E-state index contributed by atoms with van der Waals surface area (Å²) >= 11 is 0. The van der Waals surface area contributed by atoms with E-state index in [2.05, 4.69) is 20.3 Å². The topological polar surface area (TPSA) is 102 Å². The van der Waals surface area contributed by atoms with Crippen LogP contribution >= 0.6 is 0 Å². The molecule has 2 aromatic carbocycles. The highest BCUT2D eigenvalue weighted by atomic mass is 16.5. The predicted molar refractivity (Wildman–Crippen MR) is 135 cm³/mol. The zero-order valence-electron chi connectivity index (χ0n) is 19.8. The molecule has 0 unspecified atom stereocenters. The third kappa shape index (κ3) is 5.96. The Bertz CT molecular complexity index is 1410. The summed E-state index contributed by atoms with van der Waals surface area (Å²) < 4.78 is 6.69. The molecule has 9 nitrogen and oxygen atoms in total. The molecule has 178 valence electrons. The van der Waals surface area contributed by atoms with E-state index in [0.29, 0.717) is 41.3 Å². The van der Waals surface area contributed by atoms with Crippen molar-refractivity contribution in [1.29, 1.82) is 0 Å². The van der Waals surface area contributed by atoms with E-state index in [0.717, 1.165) is 11.3 Å². The molecule has 0 saturated heterocycles. The van der Waals surface area contributed by atoms with Gasteiger partial charge < -0.3 is 15.0 Å². The molecule has 9 heteroatoms. The van der Waals surface area contributed by atoms with Crippen molar-refractivity contribution in [2.75, 3.05) is 33.1 Å². The van der Waals surface area contributed by atoms with Gasteiger partial charge in [0, 0.05) is 24.7 Å². The zero-order valence-corrected chi connectivity index (χ0v) is 19.8. The second-order valence-electron chi connectivity index (χ2n) is 8.15. The lowest BCUT2D eigenvalue weighted by atomic mass is 10.1. The van der Waals surface area contributed by atoms with Crippen molar-refractivity contribution >= 4 is 22.8 Å². The molecule has 1 amide bonds. The third-order valence-corrected chi connectivity index (χ3v) is 5.20. The first-order valence-corrected chi connectivity index (χ1v) is 11.0. The van der Waals surface area contributed by atoms with Crippen LogP contribution in [0.3, 0.4) is 0 Å². The molecule has 0 spiro atoms. The van der Waals surface area contributed by atoms with Crippen LogP contribution in [0.1, 0.15) is 11.4 Å². The number of amides is 1. The van der Waals surface area contributed by atoms with Gasteiger partial charge in [0.25, 0.3) is 5.56 Å². The maximum atomic E-state index is 12.8. The van der Waals surface area contributed by atoms with Crippen molar-refractivity contribution in [3.63, 3.8) is 0 Å². The number of fused-ring (bicyclic) bond motifs is 1. The number of benzene rings is 2. The summed E-state index contributed by atoms with van der Waals surface area (Å²) in [5, 5.41) is 2.81. The fourth-order valence-corrected chi connectivity index (χ4v) is 3.45. The Labute approximate surface area is 202 Å². The predicted octanol–water partition coefficient (Wildman–Crippen LogP) is 2.83. The maximum Gasteiger partial charge on any atom is 0.275 e. The van der Waals surface area contributed by atoms with Gasteiger partial charge in [0.2, 0.25) is 5.91 Å². The van der Waals surface area contributed by atoms with Crippen LogP contribution in [0.15, 0.2) is 77.9 Å². The lowest BCUT2D eigenvalue weighted by Crippen LogP contribution is -2.20. The van der Waals surface area contributed by atoms with Crippen molar-refractivity contribution in [2.24, 2.45) is 0 Å². The number of carbonyl (C=O) groups is 1. The van der Waals surface area contributed by atoms with Gasteiger partial charge in [-0.25, -0.2) is 15.0 Å². The molecule has 0 saturated carbocycles. The Morgan fingerprint density at radius 1 is 1.06 bits per heavy atom. The van der Waals surface area contributed by atoms with E-state index in [1.165, 1.54) is 16.8 Å². The van der Waals surface area contributed by atoms with Crippen LogP contribution < -0.4 is 15.6 Å². The second-order valence-corrected chi connectivity index (χ2v) is 8.15. The molecule has 0 aliphatic carbocycles. The Morgan fingerprint density at radius 3 is 2.49 bits per heavy atom. The number of methoxy groups -OCH3 is 1. The van der Waals surface area contributed by atoms with Crippen molar-refractivity contribution in [2.45, 2.75) is 6.42 Å². The van der Waals surface area contributed by atoms with Crippen LogP contribution in [0.25, 0.3) is 16.9 Å². The minimum absolute atomic E-state index is 0.220. The number of nitrogens with one attached hydrogen (secondary N) is 1. The van der Waals surface area contributed by atoms with E-state index < -0.39 is 0 Å². The highest BCUT2D eigenvalue weighted by molar-refractivity contribution is 5.99. The van der Waals surface area contributed by atoms with Gasteiger partial charge in [-0.2, -0.15) is 0 Å². The van der Waals surface area contributed by atoms with Gasteiger partial charge in [-0.3, -0.25) is 14.2 Å². The van der Waals surface area contributed by atoms with Gasteiger partial charge in [-0.15, -0.1) is 0 Å². The summed E-state index contributed by atoms with van der Waals surface area (Å²) in [5.41, 5.74) is 2.86. The van der Waals surface area contributed by atoms with E-state index in [-0.39, 0.29) is 11.5 Å². The minimum Gasteiger partial charge on any atom is -0.497 e. The number of aromatic nitrogens is 4. The molecule has 4 rings (SSSR count). The quantitative estimate of drug-likeness (QED) is 0.395. The van der Waals surface area contributed by atoms with E-state index in [1.54, 1.807) is 43.6 Å². The zero-order chi connectivity index (χ0) is 24.8. The molecule has 4 aromatic rings. The Hall–Kier alpha value is -4.37. The van der Waals surface area contributed by atoms with Crippen molar-refractivity contribution in [1.82, 2.24) is 24.4 Å². The Morgan fingerprint density at radius 2 is 1.80 bits per heavy atom. The number of anilines is 1. The first kappa shape index (κ1) is 23.8. The molecule has 1 N–H and O–H groups in total. The normalized spacial score (nSPS) is 11.3. The molecule has 0 atom stereocenters. The smallest absolute Gasteiger partial charge is 0.275 e. The summed E-state index contributed by atoms with van der Waals surface area (Å²) in [6.45, 7) is 0.673. The molecule has 0 radical (unpaired) electrons. The summed E-state index contributed by atoms with van der Waals surface area (Å²) in [7, 11) is 5.48. The van der Waals surface area contributed by atoms with E-state index in [9.17, 15) is 9.59 Å². The van der Waals surface area contributed by atoms with Crippen LogP contribution in [0, 0.1) is 0 Å². The third-order valence-electron chi connectivity index (χ3n) is 5.20. The molecule has 0 bridgehead atoms. The van der Waals surface area contributed by atoms with Gasteiger partial charge in [0.05, 0.1) is 25.2 Å². The number of carbonyl (C=O) groups excluding carboxylic acids is 1. The van der Waals surface area contributed by atoms with Gasteiger partial charge in [0.1, 0.15) is 17.1 Å². The highest BCUT2D eigenvalue weighted by Gasteiger charge is 2.11. The minimum atomic E-state index is -0.310. The molecule has 35 heavy (non-hydrogen) atoms. The average molecular weight is 471 g/mol. The van der Waals surface area contributed by atoms with E-state index >= 15 is 0 Å². The lowest BCUT2D eigenvalue weighted by Gasteiger charge is -2.11. The average Bonchev–Trinajstić information content (AvgIpc) is 2.85.